The Morgan fingerprint density at radius 1 is 1.22 bits per heavy atom. The van der Waals surface area contributed by atoms with Gasteiger partial charge in [-0.3, -0.25) is 14.9 Å². The van der Waals surface area contributed by atoms with E-state index in [-0.39, 0.29) is 5.69 Å². The van der Waals surface area contributed by atoms with Gasteiger partial charge in [0.05, 0.1) is 24.4 Å². The molecule has 9 heteroatoms. The molecule has 0 saturated carbocycles. The maximum absolute atomic E-state index is 12.1. The molecule has 0 spiro atoms. The Bertz CT molecular complexity index is 864. The summed E-state index contributed by atoms with van der Waals surface area (Å²) < 4.78 is 5.34. The number of ether oxygens (including phenoxy) is 1. The second-order valence-electron chi connectivity index (χ2n) is 5.81. The highest BCUT2D eigenvalue weighted by molar-refractivity contribution is 6.30. The molecule has 1 heterocycles. The van der Waals surface area contributed by atoms with Crippen molar-refractivity contribution in [3.8, 4) is 0 Å². The molecule has 1 saturated heterocycles. The smallest absolute Gasteiger partial charge is 0.271 e. The van der Waals surface area contributed by atoms with Crippen molar-refractivity contribution in [1.82, 2.24) is 5.43 Å². The Labute approximate surface area is 160 Å². The largest absolute Gasteiger partial charge is 0.378 e. The zero-order valence-corrected chi connectivity index (χ0v) is 15.1. The lowest BCUT2D eigenvalue weighted by Gasteiger charge is -2.29. The first kappa shape index (κ1) is 18.8. The van der Waals surface area contributed by atoms with Gasteiger partial charge in [-0.15, -0.1) is 0 Å². The van der Waals surface area contributed by atoms with E-state index in [1.807, 2.05) is 0 Å². The second-order valence-corrected chi connectivity index (χ2v) is 6.24. The Balaban J connectivity index is 1.79. The van der Waals surface area contributed by atoms with Crippen molar-refractivity contribution >= 4 is 35.1 Å². The lowest BCUT2D eigenvalue weighted by Crippen LogP contribution is -2.36. The van der Waals surface area contributed by atoms with Crippen molar-refractivity contribution in [3.05, 3.63) is 68.7 Å². The van der Waals surface area contributed by atoms with Crippen LogP contribution in [-0.2, 0) is 4.74 Å². The number of nitro groups is 1. The van der Waals surface area contributed by atoms with Gasteiger partial charge in [0.15, 0.2) is 0 Å². The third-order valence-corrected chi connectivity index (χ3v) is 4.30. The van der Waals surface area contributed by atoms with E-state index < -0.39 is 10.8 Å². The highest BCUT2D eigenvalue weighted by atomic mass is 35.5. The van der Waals surface area contributed by atoms with E-state index in [0.29, 0.717) is 42.5 Å². The van der Waals surface area contributed by atoms with Gasteiger partial charge in [-0.1, -0.05) is 11.6 Å². The van der Waals surface area contributed by atoms with Crippen LogP contribution in [0.5, 0.6) is 0 Å². The summed E-state index contributed by atoms with van der Waals surface area (Å²) in [5.74, 6) is -0.402. The first-order valence-corrected chi connectivity index (χ1v) is 8.62. The number of nitrogens with zero attached hydrogens (tertiary/aromatic N) is 3. The van der Waals surface area contributed by atoms with Gasteiger partial charge in [0.25, 0.3) is 11.6 Å². The average Bonchev–Trinajstić information content (AvgIpc) is 2.69. The number of non-ortho nitro benzene ring substituents is 1. The molecule has 1 amide bonds. The van der Waals surface area contributed by atoms with Crippen molar-refractivity contribution < 1.29 is 14.5 Å². The molecule has 8 nitrogen and oxygen atoms in total. The Morgan fingerprint density at radius 2 is 1.93 bits per heavy atom. The van der Waals surface area contributed by atoms with Gasteiger partial charge >= 0.3 is 0 Å². The zero-order valence-electron chi connectivity index (χ0n) is 14.3. The topological polar surface area (TPSA) is 97.1 Å². The van der Waals surface area contributed by atoms with E-state index in [1.165, 1.54) is 18.3 Å². The van der Waals surface area contributed by atoms with Crippen LogP contribution in [-0.4, -0.2) is 43.3 Å². The summed E-state index contributed by atoms with van der Waals surface area (Å²) in [4.78, 5) is 24.8. The van der Waals surface area contributed by atoms with Crippen molar-refractivity contribution in [2.75, 3.05) is 31.2 Å². The van der Waals surface area contributed by atoms with Crippen LogP contribution < -0.4 is 10.3 Å². The Morgan fingerprint density at radius 3 is 2.59 bits per heavy atom. The van der Waals surface area contributed by atoms with Crippen LogP contribution >= 0.6 is 11.6 Å². The summed E-state index contributed by atoms with van der Waals surface area (Å²) >= 11 is 5.80. The van der Waals surface area contributed by atoms with Gasteiger partial charge in [0.2, 0.25) is 0 Å². The molecule has 0 bridgehead atoms. The van der Waals surface area contributed by atoms with Crippen LogP contribution in [0, 0.1) is 10.1 Å². The monoisotopic (exact) mass is 388 g/mol. The summed E-state index contributed by atoms with van der Waals surface area (Å²) in [6, 6.07) is 11.0. The van der Waals surface area contributed by atoms with E-state index in [9.17, 15) is 14.9 Å². The molecule has 1 fully saturated rings. The zero-order chi connectivity index (χ0) is 19.2. The van der Waals surface area contributed by atoms with Crippen LogP contribution in [0.15, 0.2) is 47.6 Å². The number of nitro benzene ring substituents is 1. The number of halogens is 1. The molecule has 2 aromatic carbocycles. The first-order valence-electron chi connectivity index (χ1n) is 8.25. The minimum absolute atomic E-state index is 0.0440. The number of amides is 1. The van der Waals surface area contributed by atoms with Crippen molar-refractivity contribution in [2.45, 2.75) is 0 Å². The number of hydrogen-bond acceptors (Lipinski definition) is 6. The van der Waals surface area contributed by atoms with Crippen molar-refractivity contribution in [2.24, 2.45) is 5.10 Å². The molecule has 2 aromatic rings. The highest BCUT2D eigenvalue weighted by Gasteiger charge is 2.17. The van der Waals surface area contributed by atoms with Crippen molar-refractivity contribution in [1.29, 1.82) is 0 Å². The normalized spacial score (nSPS) is 14.3. The van der Waals surface area contributed by atoms with Gasteiger partial charge in [-0.25, -0.2) is 5.43 Å². The summed E-state index contributed by atoms with van der Waals surface area (Å²) in [5.41, 5.74) is 4.13. The first-order chi connectivity index (χ1) is 13.0. The van der Waals surface area contributed by atoms with Crippen LogP contribution in [0.4, 0.5) is 11.4 Å². The van der Waals surface area contributed by atoms with E-state index in [2.05, 4.69) is 15.4 Å². The summed E-state index contributed by atoms with van der Waals surface area (Å²) in [7, 11) is 0. The number of anilines is 1. The number of morpholine rings is 1. The summed E-state index contributed by atoms with van der Waals surface area (Å²) in [6.45, 7) is 2.52. The van der Waals surface area contributed by atoms with E-state index in [1.54, 1.807) is 30.3 Å². The summed E-state index contributed by atoms with van der Waals surface area (Å²) in [6.07, 6.45) is 1.41. The predicted molar refractivity (Wildman–Crippen MR) is 103 cm³/mol. The number of benzene rings is 2. The minimum atomic E-state index is -0.466. The number of hydrazone groups is 1. The van der Waals surface area contributed by atoms with Gasteiger partial charge in [0.1, 0.15) is 0 Å². The SMILES string of the molecule is O=C(N/N=C/c1cc([N+](=O)[O-])ccc1N1CCOCC1)c1ccc(Cl)cc1. The van der Waals surface area contributed by atoms with E-state index in [4.69, 9.17) is 16.3 Å². The second kappa shape index (κ2) is 8.61. The third kappa shape index (κ3) is 4.81. The standard InChI is InChI=1S/C18H17ClN4O4/c19-15-3-1-13(2-4-15)18(24)21-20-12-14-11-16(23(25)26)5-6-17(14)22-7-9-27-10-8-22/h1-6,11-12H,7-10H2,(H,21,24)/b20-12+. The lowest BCUT2D eigenvalue weighted by molar-refractivity contribution is -0.384. The van der Waals surface area contributed by atoms with Crippen molar-refractivity contribution in [3.63, 3.8) is 0 Å². The molecule has 3 rings (SSSR count). The highest BCUT2D eigenvalue weighted by Crippen LogP contribution is 2.25. The third-order valence-electron chi connectivity index (χ3n) is 4.05. The minimum Gasteiger partial charge on any atom is -0.378 e. The molecule has 0 radical (unpaired) electrons. The molecule has 1 N–H and O–H groups in total. The van der Waals surface area contributed by atoms with Crippen LogP contribution in [0.25, 0.3) is 0 Å². The molecule has 0 aromatic heterocycles. The molecule has 1 aliphatic rings. The maximum Gasteiger partial charge on any atom is 0.271 e. The van der Waals surface area contributed by atoms with Crippen LogP contribution in [0.2, 0.25) is 5.02 Å². The van der Waals surface area contributed by atoms with Crippen LogP contribution in [0.3, 0.4) is 0 Å². The predicted octanol–water partition coefficient (Wildman–Crippen LogP) is 2.85. The fourth-order valence-corrected chi connectivity index (χ4v) is 2.80. The number of hydrogen-bond donors (Lipinski definition) is 1. The van der Waals surface area contributed by atoms with Gasteiger partial charge in [0, 0.05) is 47.1 Å². The molecule has 0 unspecified atom stereocenters. The van der Waals surface area contributed by atoms with E-state index >= 15 is 0 Å². The number of carbonyl (C=O) groups excluding carboxylic acids is 1. The molecule has 0 aliphatic carbocycles. The Hall–Kier alpha value is -2.97. The quantitative estimate of drug-likeness (QED) is 0.482. The van der Waals surface area contributed by atoms with Gasteiger partial charge in [-0.2, -0.15) is 5.10 Å². The molecular formula is C18H17ClN4O4. The maximum atomic E-state index is 12.1. The molecular weight excluding hydrogens is 372 g/mol. The van der Waals surface area contributed by atoms with E-state index in [0.717, 1.165) is 5.69 Å². The summed E-state index contributed by atoms with van der Waals surface area (Å²) in [5, 5.41) is 15.6. The number of carbonyl (C=O) groups is 1. The fraction of sp³-hybridized carbons (Fsp3) is 0.222. The number of nitrogens with one attached hydrogen (secondary N) is 1. The van der Waals surface area contributed by atoms with Gasteiger partial charge in [-0.05, 0) is 30.3 Å². The average molecular weight is 389 g/mol. The molecule has 0 atom stereocenters. The lowest BCUT2D eigenvalue weighted by atomic mass is 10.1. The molecule has 140 valence electrons. The molecule has 1 aliphatic heterocycles. The van der Waals surface area contributed by atoms with Crippen LogP contribution in [0.1, 0.15) is 15.9 Å². The molecule has 27 heavy (non-hydrogen) atoms. The van der Waals surface area contributed by atoms with Gasteiger partial charge < -0.3 is 9.64 Å². The number of rotatable bonds is 5. The Kier molecular flexibility index (Phi) is 6.00. The fourth-order valence-electron chi connectivity index (χ4n) is 2.68.